The van der Waals surface area contributed by atoms with Gasteiger partial charge in [0.2, 0.25) is 0 Å². The summed E-state index contributed by atoms with van der Waals surface area (Å²) in [5.41, 5.74) is 6.48. The fourth-order valence-electron chi connectivity index (χ4n) is 1.74. The summed E-state index contributed by atoms with van der Waals surface area (Å²) in [6, 6.07) is 7.60. The molecule has 6 heteroatoms. The van der Waals surface area contributed by atoms with E-state index in [4.69, 9.17) is 10.5 Å². The molecule has 5 nitrogen and oxygen atoms in total. The zero-order valence-electron chi connectivity index (χ0n) is 11.5. The van der Waals surface area contributed by atoms with E-state index in [-0.39, 0.29) is 5.75 Å². The number of hydrogen-bond acceptors (Lipinski definition) is 5. The highest BCUT2D eigenvalue weighted by Gasteiger charge is 2.10. The number of nitrogens with zero attached hydrogens (tertiary/aromatic N) is 1. The van der Waals surface area contributed by atoms with Crippen molar-refractivity contribution in [2.24, 2.45) is 5.73 Å². The third-order valence-corrected chi connectivity index (χ3v) is 3.71. The summed E-state index contributed by atoms with van der Waals surface area (Å²) in [6.07, 6.45) is 2.07. The summed E-state index contributed by atoms with van der Waals surface area (Å²) < 4.78 is 27.8. The Morgan fingerprint density at radius 1 is 1.32 bits per heavy atom. The van der Waals surface area contributed by atoms with E-state index in [0.29, 0.717) is 13.1 Å². The van der Waals surface area contributed by atoms with E-state index in [9.17, 15) is 8.42 Å². The number of benzene rings is 1. The van der Waals surface area contributed by atoms with Crippen LogP contribution in [0.5, 0.6) is 5.75 Å². The molecule has 1 aromatic rings. The summed E-state index contributed by atoms with van der Waals surface area (Å²) in [6.45, 7) is 1.78. The van der Waals surface area contributed by atoms with Gasteiger partial charge >= 0.3 is 0 Å². The van der Waals surface area contributed by atoms with E-state index in [1.807, 2.05) is 29.2 Å². The van der Waals surface area contributed by atoms with Gasteiger partial charge in [-0.2, -0.15) is 0 Å². The molecular weight excluding hydrogens is 264 g/mol. The first-order valence-electron chi connectivity index (χ1n) is 6.23. The van der Waals surface area contributed by atoms with Gasteiger partial charge in [0.1, 0.15) is 15.6 Å². The lowest BCUT2D eigenvalue weighted by Crippen LogP contribution is -2.31. The van der Waals surface area contributed by atoms with Crippen LogP contribution < -0.4 is 15.4 Å². The molecule has 108 valence electrons. The number of hydrogen-bond donors (Lipinski definition) is 1. The molecule has 0 bridgehead atoms. The van der Waals surface area contributed by atoms with Gasteiger partial charge in [-0.1, -0.05) is 6.07 Å². The van der Waals surface area contributed by atoms with Crippen LogP contribution >= 0.6 is 0 Å². The van der Waals surface area contributed by atoms with E-state index >= 15 is 0 Å². The van der Waals surface area contributed by atoms with E-state index in [2.05, 4.69) is 0 Å². The minimum Gasteiger partial charge on any atom is -0.497 e. The Hall–Kier alpha value is -1.27. The Morgan fingerprint density at radius 3 is 2.63 bits per heavy atom. The van der Waals surface area contributed by atoms with Crippen molar-refractivity contribution >= 4 is 15.5 Å². The molecule has 0 unspecified atom stereocenters. The van der Waals surface area contributed by atoms with Crippen molar-refractivity contribution in [3.8, 4) is 5.75 Å². The largest absolute Gasteiger partial charge is 0.497 e. The van der Waals surface area contributed by atoms with Crippen LogP contribution in [0.25, 0.3) is 0 Å². The van der Waals surface area contributed by atoms with Gasteiger partial charge in [0.25, 0.3) is 0 Å². The van der Waals surface area contributed by atoms with Gasteiger partial charge in [-0.3, -0.25) is 0 Å². The highest BCUT2D eigenvalue weighted by Crippen LogP contribution is 2.21. The summed E-state index contributed by atoms with van der Waals surface area (Å²) in [5.74, 6) is 0.893. The first kappa shape index (κ1) is 15.8. The van der Waals surface area contributed by atoms with Crippen LogP contribution in [0.15, 0.2) is 24.3 Å². The molecule has 0 aliphatic rings. The predicted octanol–water partition coefficient (Wildman–Crippen LogP) is 0.895. The van der Waals surface area contributed by atoms with E-state index in [0.717, 1.165) is 24.4 Å². The number of ether oxygens (including phenoxy) is 1. The number of sulfone groups is 1. The van der Waals surface area contributed by atoms with Crippen molar-refractivity contribution in [1.82, 2.24) is 0 Å². The highest BCUT2D eigenvalue weighted by molar-refractivity contribution is 7.90. The summed E-state index contributed by atoms with van der Waals surface area (Å²) in [5, 5.41) is 0. The van der Waals surface area contributed by atoms with Crippen LogP contribution in [0, 0.1) is 0 Å². The first-order chi connectivity index (χ1) is 8.96. The molecule has 0 aliphatic heterocycles. The fourth-order valence-corrected chi connectivity index (χ4v) is 2.29. The summed E-state index contributed by atoms with van der Waals surface area (Å²) >= 11 is 0. The van der Waals surface area contributed by atoms with Crippen molar-refractivity contribution < 1.29 is 13.2 Å². The fraction of sp³-hybridized carbons (Fsp3) is 0.538. The molecular formula is C13H22N2O3S. The zero-order valence-corrected chi connectivity index (χ0v) is 12.3. The number of anilines is 1. The molecule has 0 amide bonds. The van der Waals surface area contributed by atoms with E-state index < -0.39 is 9.84 Å². The predicted molar refractivity (Wildman–Crippen MR) is 78.6 cm³/mol. The van der Waals surface area contributed by atoms with Gasteiger partial charge in [-0.05, 0) is 25.1 Å². The average Bonchev–Trinajstić information content (AvgIpc) is 2.38. The van der Waals surface area contributed by atoms with Crippen molar-refractivity contribution in [3.05, 3.63) is 24.3 Å². The second kappa shape index (κ2) is 7.35. The molecule has 0 saturated carbocycles. The van der Waals surface area contributed by atoms with E-state index in [1.54, 1.807) is 7.11 Å². The molecule has 19 heavy (non-hydrogen) atoms. The highest BCUT2D eigenvalue weighted by atomic mass is 32.2. The standard InChI is InChI=1S/C13H22N2O3S/c1-18-13-6-3-5-12(11-13)15(8-4-7-14)9-10-19(2,16)17/h3,5-6,11H,4,7-10,14H2,1-2H3. The number of rotatable bonds is 8. The molecule has 2 N–H and O–H groups in total. The van der Waals surface area contributed by atoms with Crippen molar-refractivity contribution in [3.63, 3.8) is 0 Å². The first-order valence-corrected chi connectivity index (χ1v) is 8.29. The lowest BCUT2D eigenvalue weighted by Gasteiger charge is -2.24. The van der Waals surface area contributed by atoms with Gasteiger partial charge in [-0.15, -0.1) is 0 Å². The monoisotopic (exact) mass is 286 g/mol. The van der Waals surface area contributed by atoms with Gasteiger partial charge in [0, 0.05) is 31.1 Å². The molecule has 0 fully saturated rings. The Morgan fingerprint density at radius 2 is 2.05 bits per heavy atom. The topological polar surface area (TPSA) is 72.6 Å². The second-order valence-corrected chi connectivity index (χ2v) is 6.72. The van der Waals surface area contributed by atoms with Gasteiger partial charge in [0.05, 0.1) is 12.9 Å². The SMILES string of the molecule is COc1cccc(N(CCCN)CCS(C)(=O)=O)c1. The molecule has 0 atom stereocenters. The van der Waals surface area contributed by atoms with Crippen molar-refractivity contribution in [2.45, 2.75) is 6.42 Å². The third kappa shape index (κ3) is 5.94. The third-order valence-electron chi connectivity index (χ3n) is 2.78. The van der Waals surface area contributed by atoms with Crippen LogP contribution in [0.3, 0.4) is 0 Å². The molecule has 0 aromatic heterocycles. The maximum Gasteiger partial charge on any atom is 0.149 e. The van der Waals surface area contributed by atoms with Crippen LogP contribution in [-0.2, 0) is 9.84 Å². The Kier molecular flexibility index (Phi) is 6.11. The zero-order chi connectivity index (χ0) is 14.3. The van der Waals surface area contributed by atoms with Crippen LogP contribution in [-0.4, -0.2) is 47.2 Å². The Bertz CT molecular complexity index is 488. The molecule has 0 heterocycles. The molecule has 1 aromatic carbocycles. The van der Waals surface area contributed by atoms with Crippen molar-refractivity contribution in [2.75, 3.05) is 43.7 Å². The Labute approximate surface area is 115 Å². The van der Waals surface area contributed by atoms with Gasteiger partial charge in [0.15, 0.2) is 0 Å². The molecule has 0 aliphatic carbocycles. The van der Waals surface area contributed by atoms with Crippen molar-refractivity contribution in [1.29, 1.82) is 0 Å². The second-order valence-electron chi connectivity index (χ2n) is 4.46. The molecule has 0 radical (unpaired) electrons. The lowest BCUT2D eigenvalue weighted by molar-refractivity contribution is 0.415. The quantitative estimate of drug-likeness (QED) is 0.768. The summed E-state index contributed by atoms with van der Waals surface area (Å²) in [7, 11) is -1.36. The maximum absolute atomic E-state index is 11.3. The van der Waals surface area contributed by atoms with E-state index in [1.165, 1.54) is 6.26 Å². The lowest BCUT2D eigenvalue weighted by atomic mass is 10.2. The van der Waals surface area contributed by atoms with Crippen LogP contribution in [0.1, 0.15) is 6.42 Å². The van der Waals surface area contributed by atoms with Gasteiger partial charge in [-0.25, -0.2) is 8.42 Å². The Balaban J connectivity index is 2.82. The molecule has 1 rings (SSSR count). The smallest absolute Gasteiger partial charge is 0.149 e. The van der Waals surface area contributed by atoms with Gasteiger partial charge < -0.3 is 15.4 Å². The minimum absolute atomic E-state index is 0.134. The molecule has 0 spiro atoms. The normalized spacial score (nSPS) is 11.3. The summed E-state index contributed by atoms with van der Waals surface area (Å²) in [4.78, 5) is 2.02. The molecule has 0 saturated heterocycles. The number of nitrogens with two attached hydrogens (primary N) is 1. The average molecular weight is 286 g/mol. The maximum atomic E-state index is 11.3. The van der Waals surface area contributed by atoms with Crippen LogP contribution in [0.2, 0.25) is 0 Å². The minimum atomic E-state index is -2.97. The van der Waals surface area contributed by atoms with Crippen LogP contribution in [0.4, 0.5) is 5.69 Å². The number of methoxy groups -OCH3 is 1.